The highest BCUT2D eigenvalue weighted by molar-refractivity contribution is 5.92. The molecule has 0 aliphatic carbocycles. The molecule has 6 nitrogen and oxygen atoms in total. The molecule has 21 heavy (non-hydrogen) atoms. The Bertz CT molecular complexity index is 637. The van der Waals surface area contributed by atoms with Crippen molar-refractivity contribution in [1.29, 1.82) is 0 Å². The topological polar surface area (TPSA) is 77.2 Å². The van der Waals surface area contributed by atoms with Crippen LogP contribution in [0.25, 0.3) is 11.3 Å². The van der Waals surface area contributed by atoms with Crippen molar-refractivity contribution in [1.82, 2.24) is 15.0 Å². The average Bonchev–Trinajstić information content (AvgIpc) is 2.91. The minimum absolute atomic E-state index is 0.0356. The Kier molecular flexibility index (Phi) is 4.57. The van der Waals surface area contributed by atoms with Crippen molar-refractivity contribution in [2.75, 3.05) is 7.11 Å². The summed E-state index contributed by atoms with van der Waals surface area (Å²) in [6, 6.07) is 7.26. The first-order chi connectivity index (χ1) is 10.1. The molecule has 0 saturated heterocycles. The molecule has 0 fully saturated rings. The van der Waals surface area contributed by atoms with Crippen molar-refractivity contribution in [2.45, 2.75) is 26.8 Å². The second kappa shape index (κ2) is 6.39. The number of aromatic carboxylic acids is 1. The molecule has 6 heteroatoms. The smallest absolute Gasteiger partial charge is 0.358 e. The van der Waals surface area contributed by atoms with E-state index in [1.54, 1.807) is 17.9 Å². The van der Waals surface area contributed by atoms with E-state index in [4.69, 9.17) is 4.74 Å². The van der Waals surface area contributed by atoms with Crippen LogP contribution in [0.4, 0.5) is 0 Å². The summed E-state index contributed by atoms with van der Waals surface area (Å²) in [4.78, 5) is 11.4. The van der Waals surface area contributed by atoms with Gasteiger partial charge in [-0.15, -0.1) is 5.10 Å². The second-order valence-electron chi connectivity index (χ2n) is 5.02. The van der Waals surface area contributed by atoms with Gasteiger partial charge < -0.3 is 9.84 Å². The predicted molar refractivity (Wildman–Crippen MR) is 78.4 cm³/mol. The van der Waals surface area contributed by atoms with Crippen molar-refractivity contribution in [3.05, 3.63) is 30.0 Å². The number of carboxylic acids is 1. The summed E-state index contributed by atoms with van der Waals surface area (Å²) < 4.78 is 6.86. The van der Waals surface area contributed by atoms with Crippen LogP contribution in [0.1, 0.15) is 30.8 Å². The zero-order valence-corrected chi connectivity index (χ0v) is 12.4. The highest BCUT2D eigenvalue weighted by atomic mass is 16.5. The summed E-state index contributed by atoms with van der Waals surface area (Å²) in [5.41, 5.74) is 1.22. The maximum absolute atomic E-state index is 11.4. The number of ether oxygens (including phenoxy) is 1. The molecule has 1 unspecified atom stereocenters. The summed E-state index contributed by atoms with van der Waals surface area (Å²) in [5.74, 6) is -0.0268. The van der Waals surface area contributed by atoms with Crippen LogP contribution in [0.3, 0.4) is 0 Å². The van der Waals surface area contributed by atoms with Gasteiger partial charge in [0.1, 0.15) is 11.4 Å². The first-order valence-corrected chi connectivity index (χ1v) is 6.88. The Morgan fingerprint density at radius 3 is 2.86 bits per heavy atom. The molecule has 0 spiro atoms. The Morgan fingerprint density at radius 1 is 1.48 bits per heavy atom. The van der Waals surface area contributed by atoms with Gasteiger partial charge in [-0.2, -0.15) is 0 Å². The van der Waals surface area contributed by atoms with E-state index in [2.05, 4.69) is 24.2 Å². The van der Waals surface area contributed by atoms with E-state index >= 15 is 0 Å². The molecule has 0 bridgehead atoms. The van der Waals surface area contributed by atoms with E-state index in [9.17, 15) is 9.90 Å². The second-order valence-corrected chi connectivity index (χ2v) is 5.02. The Hall–Kier alpha value is -2.37. The SMILES string of the molecule is CCC(C)Cn1nnc(C(=O)O)c1-c1cccc(OC)c1. The lowest BCUT2D eigenvalue weighted by molar-refractivity contribution is 0.0691. The molecule has 0 aliphatic heterocycles. The molecule has 2 aromatic rings. The van der Waals surface area contributed by atoms with Gasteiger partial charge >= 0.3 is 5.97 Å². The lowest BCUT2D eigenvalue weighted by Gasteiger charge is -2.12. The molecule has 1 N–H and O–H groups in total. The number of carbonyl (C=O) groups is 1. The zero-order valence-electron chi connectivity index (χ0n) is 12.4. The van der Waals surface area contributed by atoms with Crippen molar-refractivity contribution in [2.24, 2.45) is 5.92 Å². The molecule has 1 atom stereocenters. The molecular formula is C15H19N3O3. The van der Waals surface area contributed by atoms with E-state index in [-0.39, 0.29) is 5.69 Å². The molecule has 1 heterocycles. The van der Waals surface area contributed by atoms with E-state index in [0.29, 0.717) is 23.9 Å². The standard InChI is InChI=1S/C15H19N3O3/c1-4-10(2)9-18-14(13(15(19)20)16-17-18)11-6-5-7-12(8-11)21-3/h5-8,10H,4,9H2,1-3H3,(H,19,20). The van der Waals surface area contributed by atoms with E-state index in [1.807, 2.05) is 18.2 Å². The lowest BCUT2D eigenvalue weighted by Crippen LogP contribution is -2.10. The number of methoxy groups -OCH3 is 1. The van der Waals surface area contributed by atoms with Gasteiger partial charge in [0, 0.05) is 12.1 Å². The normalized spacial score (nSPS) is 12.1. The summed E-state index contributed by atoms with van der Waals surface area (Å²) in [7, 11) is 1.58. The summed E-state index contributed by atoms with van der Waals surface area (Å²) in [6.07, 6.45) is 0.986. The van der Waals surface area contributed by atoms with Crippen LogP contribution in [0.5, 0.6) is 5.75 Å². The minimum atomic E-state index is -1.08. The van der Waals surface area contributed by atoms with Crippen LogP contribution in [0.2, 0.25) is 0 Å². The van der Waals surface area contributed by atoms with Gasteiger partial charge in [-0.1, -0.05) is 37.6 Å². The number of aromatic nitrogens is 3. The summed E-state index contributed by atoms with van der Waals surface area (Å²) >= 11 is 0. The first-order valence-electron chi connectivity index (χ1n) is 6.88. The van der Waals surface area contributed by atoms with Crippen LogP contribution in [0.15, 0.2) is 24.3 Å². The van der Waals surface area contributed by atoms with Crippen LogP contribution < -0.4 is 4.74 Å². The number of hydrogen-bond acceptors (Lipinski definition) is 4. The first kappa shape index (κ1) is 15.0. The van der Waals surface area contributed by atoms with Crippen molar-refractivity contribution in [3.8, 4) is 17.0 Å². The van der Waals surface area contributed by atoms with Gasteiger partial charge in [0.15, 0.2) is 5.69 Å². The molecule has 2 rings (SSSR count). The Labute approximate surface area is 123 Å². The van der Waals surface area contributed by atoms with Gasteiger partial charge in [-0.25, -0.2) is 9.48 Å². The third kappa shape index (κ3) is 3.21. The van der Waals surface area contributed by atoms with Gasteiger partial charge in [-0.3, -0.25) is 0 Å². The fourth-order valence-electron chi connectivity index (χ4n) is 2.07. The average molecular weight is 289 g/mol. The third-order valence-corrected chi connectivity index (χ3v) is 3.46. The highest BCUT2D eigenvalue weighted by Crippen LogP contribution is 2.26. The summed E-state index contributed by atoms with van der Waals surface area (Å²) in [6.45, 7) is 4.81. The number of nitrogens with zero attached hydrogens (tertiary/aromatic N) is 3. The predicted octanol–water partition coefficient (Wildman–Crippen LogP) is 2.70. The van der Waals surface area contributed by atoms with E-state index in [0.717, 1.165) is 12.0 Å². The molecule has 1 aromatic carbocycles. The monoisotopic (exact) mass is 289 g/mol. The Balaban J connectivity index is 2.52. The third-order valence-electron chi connectivity index (χ3n) is 3.46. The maximum atomic E-state index is 11.4. The quantitative estimate of drug-likeness (QED) is 0.884. The molecule has 0 saturated carbocycles. The number of hydrogen-bond donors (Lipinski definition) is 1. The van der Waals surface area contributed by atoms with Crippen LogP contribution in [-0.2, 0) is 6.54 Å². The van der Waals surface area contributed by atoms with Gasteiger partial charge in [0.2, 0.25) is 0 Å². The minimum Gasteiger partial charge on any atom is -0.497 e. The molecule has 1 aromatic heterocycles. The molecule has 0 amide bonds. The Morgan fingerprint density at radius 2 is 2.24 bits per heavy atom. The lowest BCUT2D eigenvalue weighted by atomic mass is 10.1. The van der Waals surface area contributed by atoms with E-state index in [1.165, 1.54) is 0 Å². The van der Waals surface area contributed by atoms with Gasteiger partial charge in [0.05, 0.1) is 7.11 Å². The van der Waals surface area contributed by atoms with Gasteiger partial charge in [-0.05, 0) is 18.1 Å². The van der Waals surface area contributed by atoms with Crippen LogP contribution >= 0.6 is 0 Å². The zero-order chi connectivity index (χ0) is 15.4. The highest BCUT2D eigenvalue weighted by Gasteiger charge is 2.21. The molecular weight excluding hydrogens is 270 g/mol. The number of benzene rings is 1. The van der Waals surface area contributed by atoms with Crippen LogP contribution in [-0.4, -0.2) is 33.2 Å². The molecule has 112 valence electrons. The summed E-state index contributed by atoms with van der Waals surface area (Å²) in [5, 5.41) is 17.1. The van der Waals surface area contributed by atoms with E-state index < -0.39 is 5.97 Å². The van der Waals surface area contributed by atoms with Crippen LogP contribution in [0, 0.1) is 5.92 Å². The largest absolute Gasteiger partial charge is 0.497 e. The number of carboxylic acid groups (broad SMARTS) is 1. The fourth-order valence-corrected chi connectivity index (χ4v) is 2.07. The van der Waals surface area contributed by atoms with Crippen molar-refractivity contribution < 1.29 is 14.6 Å². The molecule has 0 radical (unpaired) electrons. The maximum Gasteiger partial charge on any atom is 0.358 e. The molecule has 0 aliphatic rings. The van der Waals surface area contributed by atoms with Crippen molar-refractivity contribution in [3.63, 3.8) is 0 Å². The number of rotatable bonds is 6. The van der Waals surface area contributed by atoms with Gasteiger partial charge in [0.25, 0.3) is 0 Å². The fraction of sp³-hybridized carbons (Fsp3) is 0.400. The van der Waals surface area contributed by atoms with Crippen molar-refractivity contribution >= 4 is 5.97 Å².